The number of benzene rings is 1. The average molecular weight is 245 g/mol. The van der Waals surface area contributed by atoms with Gasteiger partial charge in [0, 0.05) is 11.6 Å². The van der Waals surface area contributed by atoms with Gasteiger partial charge in [0.05, 0.1) is 12.8 Å². The molecule has 0 fully saturated rings. The molecule has 0 atom stereocenters. The molecule has 0 saturated carbocycles. The van der Waals surface area contributed by atoms with Crippen LogP contribution < -0.4 is 10.5 Å². The van der Waals surface area contributed by atoms with E-state index < -0.39 is 0 Å². The molecule has 4 nitrogen and oxygen atoms in total. The minimum atomic E-state index is 0.402. The normalized spacial score (nSPS) is 10.9. The second kappa shape index (κ2) is 4.72. The van der Waals surface area contributed by atoms with Crippen LogP contribution in [-0.4, -0.2) is 17.3 Å². The molecule has 0 saturated heterocycles. The van der Waals surface area contributed by atoms with Crippen LogP contribution in [0.2, 0.25) is 0 Å². The molecule has 96 valence electrons. The number of anilines is 1. The molecule has 0 aliphatic heterocycles. The molecule has 1 aromatic carbocycles. The Labute approximate surface area is 107 Å². The molecule has 0 spiro atoms. The van der Waals surface area contributed by atoms with Gasteiger partial charge in [-0.2, -0.15) is 5.10 Å². The summed E-state index contributed by atoms with van der Waals surface area (Å²) >= 11 is 0. The van der Waals surface area contributed by atoms with Gasteiger partial charge >= 0.3 is 0 Å². The fourth-order valence-corrected chi connectivity index (χ4v) is 2.09. The van der Waals surface area contributed by atoms with Gasteiger partial charge in [0.2, 0.25) is 0 Å². The predicted molar refractivity (Wildman–Crippen MR) is 73.8 cm³/mol. The molecule has 2 aromatic rings. The lowest BCUT2D eigenvalue weighted by molar-refractivity contribution is 0.407. The van der Waals surface area contributed by atoms with Gasteiger partial charge in [0.15, 0.2) is 0 Å². The van der Waals surface area contributed by atoms with Crippen molar-refractivity contribution < 1.29 is 4.74 Å². The topological polar surface area (TPSA) is 63.9 Å². The van der Waals surface area contributed by atoms with Crippen molar-refractivity contribution in [2.45, 2.75) is 26.7 Å². The van der Waals surface area contributed by atoms with Crippen molar-refractivity contribution >= 4 is 5.82 Å². The van der Waals surface area contributed by atoms with Gasteiger partial charge in [-0.1, -0.05) is 13.8 Å². The van der Waals surface area contributed by atoms with Crippen LogP contribution >= 0.6 is 0 Å². The number of aromatic nitrogens is 2. The monoisotopic (exact) mass is 245 g/mol. The fourth-order valence-electron chi connectivity index (χ4n) is 2.09. The number of H-pyrrole nitrogens is 1. The summed E-state index contributed by atoms with van der Waals surface area (Å²) in [6.45, 7) is 6.36. The van der Waals surface area contributed by atoms with Crippen molar-refractivity contribution in [2.24, 2.45) is 0 Å². The third-order valence-electron chi connectivity index (χ3n) is 3.09. The second-order valence-corrected chi connectivity index (χ2v) is 4.77. The number of nitrogens with one attached hydrogen (secondary N) is 1. The van der Waals surface area contributed by atoms with Gasteiger partial charge in [0.25, 0.3) is 0 Å². The minimum Gasteiger partial charge on any atom is -0.496 e. The summed E-state index contributed by atoms with van der Waals surface area (Å²) in [5.41, 5.74) is 10.0. The van der Waals surface area contributed by atoms with Gasteiger partial charge in [-0.15, -0.1) is 0 Å². The number of nitrogens with two attached hydrogens (primary N) is 1. The SMILES string of the molecule is COc1cc(C)c(-c2cc(N)n[nH]2)cc1C(C)C. The summed E-state index contributed by atoms with van der Waals surface area (Å²) < 4.78 is 5.43. The highest BCUT2D eigenvalue weighted by atomic mass is 16.5. The predicted octanol–water partition coefficient (Wildman–Crippen LogP) is 3.10. The van der Waals surface area contributed by atoms with Crippen LogP contribution in [0.25, 0.3) is 11.3 Å². The molecule has 18 heavy (non-hydrogen) atoms. The summed E-state index contributed by atoms with van der Waals surface area (Å²) in [4.78, 5) is 0. The maximum Gasteiger partial charge on any atom is 0.145 e. The highest BCUT2D eigenvalue weighted by Crippen LogP contribution is 2.33. The number of methoxy groups -OCH3 is 1. The molecule has 3 N–H and O–H groups in total. The molecule has 2 rings (SSSR count). The van der Waals surface area contributed by atoms with Crippen molar-refractivity contribution in [3.63, 3.8) is 0 Å². The van der Waals surface area contributed by atoms with Crippen LogP contribution in [0.4, 0.5) is 5.82 Å². The molecule has 1 heterocycles. The van der Waals surface area contributed by atoms with Crippen molar-refractivity contribution in [1.29, 1.82) is 0 Å². The van der Waals surface area contributed by atoms with Crippen LogP contribution in [0.1, 0.15) is 30.9 Å². The zero-order valence-electron chi connectivity index (χ0n) is 11.2. The lowest BCUT2D eigenvalue weighted by atomic mass is 9.95. The summed E-state index contributed by atoms with van der Waals surface area (Å²) in [6.07, 6.45) is 0. The molecular formula is C14H19N3O. The number of ether oxygens (including phenoxy) is 1. The average Bonchev–Trinajstić information content (AvgIpc) is 2.74. The zero-order valence-corrected chi connectivity index (χ0v) is 11.2. The third-order valence-corrected chi connectivity index (χ3v) is 3.09. The quantitative estimate of drug-likeness (QED) is 0.873. The van der Waals surface area contributed by atoms with E-state index in [1.54, 1.807) is 7.11 Å². The van der Waals surface area contributed by atoms with E-state index in [1.807, 2.05) is 6.07 Å². The molecule has 0 aliphatic carbocycles. The Morgan fingerprint density at radius 3 is 2.50 bits per heavy atom. The molecular weight excluding hydrogens is 226 g/mol. The largest absolute Gasteiger partial charge is 0.496 e. The number of rotatable bonds is 3. The van der Waals surface area contributed by atoms with E-state index in [9.17, 15) is 0 Å². The number of aryl methyl sites for hydroxylation is 1. The highest BCUT2D eigenvalue weighted by Gasteiger charge is 2.13. The Morgan fingerprint density at radius 2 is 2.00 bits per heavy atom. The number of aromatic amines is 1. The maximum absolute atomic E-state index is 5.65. The molecule has 0 aliphatic rings. The van der Waals surface area contributed by atoms with E-state index in [-0.39, 0.29) is 0 Å². The lowest BCUT2D eigenvalue weighted by Gasteiger charge is -2.15. The molecule has 0 amide bonds. The van der Waals surface area contributed by atoms with Crippen LogP contribution in [-0.2, 0) is 0 Å². The first-order valence-corrected chi connectivity index (χ1v) is 6.02. The first-order chi connectivity index (χ1) is 8.52. The first kappa shape index (κ1) is 12.5. The smallest absolute Gasteiger partial charge is 0.145 e. The number of hydrogen-bond donors (Lipinski definition) is 2. The standard InChI is InChI=1S/C14H19N3O/c1-8(2)10-6-11(9(3)5-13(10)18-4)12-7-14(15)17-16-12/h5-8H,1-4H3,(H3,15,16,17). The Bertz CT molecular complexity index is 558. The zero-order chi connectivity index (χ0) is 13.3. The summed E-state index contributed by atoms with van der Waals surface area (Å²) in [7, 11) is 1.70. The van der Waals surface area contributed by atoms with Gasteiger partial charge < -0.3 is 10.5 Å². The Morgan fingerprint density at radius 1 is 1.28 bits per heavy atom. The van der Waals surface area contributed by atoms with Crippen molar-refractivity contribution in [2.75, 3.05) is 12.8 Å². The molecule has 0 bridgehead atoms. The van der Waals surface area contributed by atoms with E-state index >= 15 is 0 Å². The summed E-state index contributed by atoms with van der Waals surface area (Å²) in [5, 5.41) is 6.92. The Balaban J connectivity index is 2.58. The maximum atomic E-state index is 5.65. The fraction of sp³-hybridized carbons (Fsp3) is 0.357. The summed E-state index contributed by atoms with van der Waals surface area (Å²) in [5.74, 6) is 1.84. The van der Waals surface area contributed by atoms with Crippen LogP contribution in [0.15, 0.2) is 18.2 Å². The van der Waals surface area contributed by atoms with E-state index in [0.29, 0.717) is 11.7 Å². The number of nitrogen functional groups attached to an aromatic ring is 1. The van der Waals surface area contributed by atoms with Crippen molar-refractivity contribution in [3.05, 3.63) is 29.3 Å². The minimum absolute atomic E-state index is 0.402. The third kappa shape index (κ3) is 2.18. The second-order valence-electron chi connectivity index (χ2n) is 4.77. The van der Waals surface area contributed by atoms with Crippen molar-refractivity contribution in [3.8, 4) is 17.0 Å². The van der Waals surface area contributed by atoms with E-state index in [4.69, 9.17) is 10.5 Å². The van der Waals surface area contributed by atoms with Gasteiger partial charge in [0.1, 0.15) is 11.6 Å². The first-order valence-electron chi connectivity index (χ1n) is 6.02. The van der Waals surface area contributed by atoms with E-state index in [0.717, 1.165) is 22.6 Å². The molecule has 4 heteroatoms. The molecule has 0 unspecified atom stereocenters. The number of nitrogens with zero attached hydrogens (tertiary/aromatic N) is 1. The van der Waals surface area contributed by atoms with Gasteiger partial charge in [-0.05, 0) is 36.1 Å². The van der Waals surface area contributed by atoms with E-state index in [1.165, 1.54) is 5.56 Å². The van der Waals surface area contributed by atoms with Crippen LogP contribution in [0.3, 0.4) is 0 Å². The molecule has 0 radical (unpaired) electrons. The summed E-state index contributed by atoms with van der Waals surface area (Å²) in [6, 6.07) is 6.05. The van der Waals surface area contributed by atoms with Gasteiger partial charge in [-0.25, -0.2) is 0 Å². The van der Waals surface area contributed by atoms with Crippen LogP contribution in [0.5, 0.6) is 5.75 Å². The highest BCUT2D eigenvalue weighted by molar-refractivity contribution is 5.68. The van der Waals surface area contributed by atoms with E-state index in [2.05, 4.69) is 43.1 Å². The Kier molecular flexibility index (Phi) is 3.28. The lowest BCUT2D eigenvalue weighted by Crippen LogP contribution is -1.97. The van der Waals surface area contributed by atoms with Gasteiger partial charge in [-0.3, -0.25) is 5.10 Å². The van der Waals surface area contributed by atoms with Crippen molar-refractivity contribution in [1.82, 2.24) is 10.2 Å². The Hall–Kier alpha value is -1.97. The van der Waals surface area contributed by atoms with Crippen LogP contribution in [0, 0.1) is 6.92 Å². The molecule has 1 aromatic heterocycles. The number of hydrogen-bond acceptors (Lipinski definition) is 3.